The van der Waals surface area contributed by atoms with E-state index in [-0.39, 0.29) is 5.41 Å². The van der Waals surface area contributed by atoms with E-state index in [1.165, 1.54) is 13.3 Å². The average Bonchev–Trinajstić information content (AvgIpc) is 2.09. The largest absolute Gasteiger partial charge is 0.611 e. The molecule has 0 heterocycles. The van der Waals surface area contributed by atoms with Gasteiger partial charge in [-0.05, 0) is 10.6 Å². The van der Waals surface area contributed by atoms with Crippen molar-refractivity contribution in [3.05, 3.63) is 0 Å². The van der Waals surface area contributed by atoms with Gasteiger partial charge in [0.25, 0.3) is 5.04 Å². The minimum Gasteiger partial charge on any atom is -0.611 e. The van der Waals surface area contributed by atoms with Crippen LogP contribution in [0, 0.1) is 5.41 Å². The van der Waals surface area contributed by atoms with Gasteiger partial charge in [-0.15, -0.1) is 0 Å². The van der Waals surface area contributed by atoms with Crippen LogP contribution in [0.15, 0.2) is 5.16 Å². The van der Waals surface area contributed by atoms with Gasteiger partial charge in [-0.3, -0.25) is 4.84 Å². The topological polar surface area (TPSA) is 73.8 Å². The Bertz CT molecular complexity index is 246. The predicted molar refractivity (Wildman–Crippen MR) is 61.1 cm³/mol. The van der Waals surface area contributed by atoms with Gasteiger partial charge in [0.2, 0.25) is 0 Å². The summed E-state index contributed by atoms with van der Waals surface area (Å²) in [5.41, 5.74) is -0.0451. The molecular weight excluding hydrogens is 216 g/mol. The lowest BCUT2D eigenvalue weighted by Crippen LogP contribution is -2.23. The standard InChI is InChI=1S/C9H18N2O3S/c1-9(2,3)6-7(15(5)13)11-14-8(12)10-4/h6H2,1-5H3,(H,10,12). The molecule has 0 aromatic rings. The number of carbonyl (C=O) groups excluding carboxylic acids is 1. The zero-order chi connectivity index (χ0) is 12.1. The first-order valence-electron chi connectivity index (χ1n) is 4.55. The van der Waals surface area contributed by atoms with Crippen molar-refractivity contribution >= 4 is 22.3 Å². The number of hydrogen-bond acceptors (Lipinski definition) is 4. The molecule has 0 aliphatic carbocycles. The fourth-order valence-electron chi connectivity index (χ4n) is 0.778. The van der Waals surface area contributed by atoms with E-state index >= 15 is 0 Å². The van der Waals surface area contributed by atoms with Crippen molar-refractivity contribution in [1.29, 1.82) is 0 Å². The van der Waals surface area contributed by atoms with Crippen molar-refractivity contribution in [1.82, 2.24) is 5.32 Å². The zero-order valence-electron chi connectivity index (χ0n) is 9.79. The maximum atomic E-state index is 11.3. The molecule has 0 saturated heterocycles. The first-order chi connectivity index (χ1) is 6.76. The second-order valence-electron chi connectivity index (χ2n) is 4.31. The number of rotatable bonds is 2. The highest BCUT2D eigenvalue weighted by Crippen LogP contribution is 2.21. The molecule has 1 N–H and O–H groups in total. The molecule has 0 aromatic carbocycles. The van der Waals surface area contributed by atoms with Crippen LogP contribution in [0.3, 0.4) is 0 Å². The van der Waals surface area contributed by atoms with E-state index in [2.05, 4.69) is 15.3 Å². The molecular formula is C9H18N2O3S. The van der Waals surface area contributed by atoms with Crippen LogP contribution in [0.4, 0.5) is 4.79 Å². The van der Waals surface area contributed by atoms with Crippen molar-refractivity contribution in [3.8, 4) is 0 Å². The van der Waals surface area contributed by atoms with Gasteiger partial charge in [-0.1, -0.05) is 20.8 Å². The molecule has 1 amide bonds. The molecule has 0 bridgehead atoms. The third-order valence-electron chi connectivity index (χ3n) is 1.45. The third kappa shape index (κ3) is 7.21. The van der Waals surface area contributed by atoms with Crippen LogP contribution in [0.25, 0.3) is 0 Å². The molecule has 0 saturated carbocycles. The second-order valence-corrected chi connectivity index (χ2v) is 5.68. The van der Waals surface area contributed by atoms with E-state index in [4.69, 9.17) is 0 Å². The first kappa shape index (κ1) is 14.2. The van der Waals surface area contributed by atoms with Crippen molar-refractivity contribution in [2.24, 2.45) is 10.6 Å². The summed E-state index contributed by atoms with van der Waals surface area (Å²) in [7, 11) is 1.43. The average molecular weight is 234 g/mol. The lowest BCUT2D eigenvalue weighted by atomic mass is 9.93. The maximum Gasteiger partial charge on any atom is 0.433 e. The highest BCUT2D eigenvalue weighted by molar-refractivity contribution is 8.05. The van der Waals surface area contributed by atoms with Crippen LogP contribution in [0.1, 0.15) is 27.2 Å². The van der Waals surface area contributed by atoms with Gasteiger partial charge in [0.1, 0.15) is 6.26 Å². The number of nitrogens with one attached hydrogen (secondary N) is 1. The number of oxime groups is 1. The van der Waals surface area contributed by atoms with Gasteiger partial charge in [0.15, 0.2) is 0 Å². The minimum atomic E-state index is -1.22. The molecule has 1 atom stereocenters. The number of nitrogens with zero attached hydrogens (tertiary/aromatic N) is 1. The highest BCUT2D eigenvalue weighted by atomic mass is 32.2. The molecule has 1 unspecified atom stereocenters. The van der Waals surface area contributed by atoms with Gasteiger partial charge in [0, 0.05) is 24.6 Å². The molecule has 0 rings (SSSR count). The SMILES string of the molecule is CNC(=O)ON=C(CC(C)(C)C)[S+](C)[O-]. The van der Waals surface area contributed by atoms with E-state index in [9.17, 15) is 9.35 Å². The van der Waals surface area contributed by atoms with E-state index in [1.54, 1.807) is 0 Å². The summed E-state index contributed by atoms with van der Waals surface area (Å²) in [4.78, 5) is 15.3. The van der Waals surface area contributed by atoms with E-state index in [1.807, 2.05) is 20.8 Å². The number of hydrogen-bond donors (Lipinski definition) is 1. The summed E-state index contributed by atoms with van der Waals surface area (Å²) in [6.45, 7) is 5.99. The van der Waals surface area contributed by atoms with Gasteiger partial charge in [0.05, 0.1) is 0 Å². The Hall–Kier alpha value is -0.750. The molecule has 0 aromatic heterocycles. The number of amides is 1. The molecule has 0 aliphatic heterocycles. The summed E-state index contributed by atoms with van der Waals surface area (Å²) in [5, 5.41) is 6.22. The zero-order valence-corrected chi connectivity index (χ0v) is 10.6. The molecule has 15 heavy (non-hydrogen) atoms. The fourth-order valence-corrected chi connectivity index (χ4v) is 1.56. The molecule has 0 spiro atoms. The van der Waals surface area contributed by atoms with Crippen molar-refractivity contribution in [2.75, 3.05) is 13.3 Å². The van der Waals surface area contributed by atoms with Crippen molar-refractivity contribution in [3.63, 3.8) is 0 Å². The Morgan fingerprint density at radius 1 is 1.53 bits per heavy atom. The predicted octanol–water partition coefficient (Wildman–Crippen LogP) is 1.47. The normalized spacial score (nSPS) is 14.7. The smallest absolute Gasteiger partial charge is 0.433 e. The van der Waals surface area contributed by atoms with Crippen molar-refractivity contribution < 1.29 is 14.2 Å². The lowest BCUT2D eigenvalue weighted by molar-refractivity contribution is 0.153. The second kappa shape index (κ2) is 5.97. The number of carbonyl (C=O) groups is 1. The Morgan fingerprint density at radius 3 is 2.40 bits per heavy atom. The fraction of sp³-hybridized carbons (Fsp3) is 0.778. The van der Waals surface area contributed by atoms with Crippen LogP contribution in [-0.2, 0) is 16.0 Å². The van der Waals surface area contributed by atoms with Crippen LogP contribution >= 0.6 is 0 Å². The summed E-state index contributed by atoms with van der Waals surface area (Å²) in [6, 6.07) is 0. The van der Waals surface area contributed by atoms with Crippen LogP contribution in [0.2, 0.25) is 0 Å². The molecule has 88 valence electrons. The summed E-state index contributed by atoms with van der Waals surface area (Å²) >= 11 is -1.22. The summed E-state index contributed by atoms with van der Waals surface area (Å²) in [6.07, 6.45) is 1.37. The Balaban J connectivity index is 4.46. The molecule has 5 nitrogen and oxygen atoms in total. The van der Waals surface area contributed by atoms with Gasteiger partial charge >= 0.3 is 6.09 Å². The molecule has 0 radical (unpaired) electrons. The maximum absolute atomic E-state index is 11.3. The Labute approximate surface area is 93.4 Å². The van der Waals surface area contributed by atoms with Crippen LogP contribution < -0.4 is 5.32 Å². The highest BCUT2D eigenvalue weighted by Gasteiger charge is 2.22. The summed E-state index contributed by atoms with van der Waals surface area (Å²) < 4.78 is 11.3. The molecule has 0 aliphatic rings. The van der Waals surface area contributed by atoms with Crippen LogP contribution in [-0.4, -0.2) is 29.0 Å². The third-order valence-corrected chi connectivity index (χ3v) is 2.33. The monoisotopic (exact) mass is 234 g/mol. The van der Waals surface area contributed by atoms with E-state index in [0.717, 1.165) is 0 Å². The van der Waals surface area contributed by atoms with E-state index < -0.39 is 17.3 Å². The van der Waals surface area contributed by atoms with Gasteiger partial charge in [-0.25, -0.2) is 4.79 Å². The first-order valence-corrected chi connectivity index (χ1v) is 6.11. The quantitative estimate of drug-likeness (QED) is 0.258. The minimum absolute atomic E-state index is 0.0451. The van der Waals surface area contributed by atoms with Crippen molar-refractivity contribution in [2.45, 2.75) is 27.2 Å². The van der Waals surface area contributed by atoms with Gasteiger partial charge < -0.3 is 9.87 Å². The molecule has 6 heteroatoms. The Kier molecular flexibility index (Phi) is 5.67. The summed E-state index contributed by atoms with van der Waals surface area (Å²) in [5.74, 6) is 0. The van der Waals surface area contributed by atoms with Gasteiger partial charge in [-0.2, -0.15) is 0 Å². The molecule has 0 fully saturated rings. The lowest BCUT2D eigenvalue weighted by Gasteiger charge is -2.18. The van der Waals surface area contributed by atoms with E-state index in [0.29, 0.717) is 11.5 Å². The Morgan fingerprint density at radius 2 is 2.07 bits per heavy atom. The van der Waals surface area contributed by atoms with Crippen LogP contribution in [0.5, 0.6) is 0 Å².